The number of alkyl halides is 1. The minimum Gasteiger partial charge on any atom is -0.325 e. The Morgan fingerprint density at radius 1 is 1.25 bits per heavy atom. The lowest BCUT2D eigenvalue weighted by Crippen LogP contribution is -2.27. The fourth-order valence-electron chi connectivity index (χ4n) is 3.46. The molecule has 3 rings (SSSR count). The van der Waals surface area contributed by atoms with Gasteiger partial charge in [-0.15, -0.1) is 11.6 Å². The van der Waals surface area contributed by atoms with Gasteiger partial charge in [-0.3, -0.25) is 4.79 Å². The van der Waals surface area contributed by atoms with Crippen molar-refractivity contribution in [2.75, 3.05) is 5.32 Å². The van der Waals surface area contributed by atoms with Gasteiger partial charge in [0.1, 0.15) is 0 Å². The Labute approximate surface area is 125 Å². The average Bonchev–Trinajstić information content (AvgIpc) is 2.69. The van der Waals surface area contributed by atoms with Gasteiger partial charge in [-0.1, -0.05) is 31.4 Å². The van der Waals surface area contributed by atoms with Crippen molar-refractivity contribution in [3.05, 3.63) is 29.3 Å². The summed E-state index contributed by atoms with van der Waals surface area (Å²) in [5, 5.41) is 3.03. The maximum Gasteiger partial charge on any atom is 0.234 e. The molecular formula is C17H22ClNO. The maximum absolute atomic E-state index is 12.0. The Morgan fingerprint density at radius 2 is 1.95 bits per heavy atom. The van der Waals surface area contributed by atoms with E-state index in [1.54, 1.807) is 0 Å². The van der Waals surface area contributed by atoms with Gasteiger partial charge < -0.3 is 5.32 Å². The fourth-order valence-corrected chi connectivity index (χ4v) is 3.85. The topological polar surface area (TPSA) is 29.1 Å². The van der Waals surface area contributed by atoms with E-state index >= 15 is 0 Å². The van der Waals surface area contributed by atoms with E-state index in [0.717, 1.165) is 11.3 Å². The highest BCUT2D eigenvalue weighted by Gasteiger charge is 2.38. The summed E-state index contributed by atoms with van der Waals surface area (Å²) in [6, 6.07) is 6.22. The second-order valence-electron chi connectivity index (χ2n) is 6.68. The van der Waals surface area contributed by atoms with Gasteiger partial charge in [-0.2, -0.15) is 0 Å². The molecule has 0 spiro atoms. The first-order valence-electron chi connectivity index (χ1n) is 7.60. The molecule has 1 aliphatic heterocycles. The third-order valence-corrected chi connectivity index (χ3v) is 5.52. The van der Waals surface area contributed by atoms with Crippen LogP contribution in [0.5, 0.6) is 0 Å². The van der Waals surface area contributed by atoms with Crippen LogP contribution in [-0.4, -0.2) is 5.91 Å². The lowest BCUT2D eigenvalue weighted by molar-refractivity contribution is -0.119. The van der Waals surface area contributed by atoms with Crippen LogP contribution in [0.25, 0.3) is 0 Å². The van der Waals surface area contributed by atoms with Crippen LogP contribution in [0.1, 0.15) is 62.5 Å². The van der Waals surface area contributed by atoms with E-state index in [2.05, 4.69) is 17.4 Å². The van der Waals surface area contributed by atoms with E-state index in [1.165, 1.54) is 37.7 Å². The van der Waals surface area contributed by atoms with E-state index < -0.39 is 5.41 Å². The molecule has 1 saturated carbocycles. The number of hydrogen-bond donors (Lipinski definition) is 1. The molecule has 1 heterocycles. The van der Waals surface area contributed by atoms with Crippen molar-refractivity contribution in [2.24, 2.45) is 5.92 Å². The molecule has 1 N–H and O–H groups in total. The third-order valence-electron chi connectivity index (χ3n) is 4.91. The van der Waals surface area contributed by atoms with Gasteiger partial charge in [0, 0.05) is 5.69 Å². The summed E-state index contributed by atoms with van der Waals surface area (Å²) in [6.07, 6.45) is 6.39. The molecule has 2 aliphatic rings. The van der Waals surface area contributed by atoms with E-state index in [-0.39, 0.29) is 11.3 Å². The Morgan fingerprint density at radius 3 is 2.65 bits per heavy atom. The first kappa shape index (κ1) is 13.9. The molecule has 0 aromatic heterocycles. The number of halogens is 1. The normalized spacial score (nSPS) is 23.2. The summed E-state index contributed by atoms with van der Waals surface area (Å²) < 4.78 is 0. The quantitative estimate of drug-likeness (QED) is 0.781. The summed E-state index contributed by atoms with van der Waals surface area (Å²) in [6.45, 7) is 3.95. The molecule has 0 saturated heterocycles. The van der Waals surface area contributed by atoms with Crippen molar-refractivity contribution >= 4 is 23.2 Å². The lowest BCUT2D eigenvalue weighted by atomic mass is 9.81. The summed E-state index contributed by atoms with van der Waals surface area (Å²) in [7, 11) is 0. The molecule has 108 valence electrons. The van der Waals surface area contributed by atoms with Gasteiger partial charge in [-0.25, -0.2) is 0 Å². The SMILES string of the molecule is CC1(C)C(=O)Nc2ccc(C(Cl)C3CCCCC3)cc21. The van der Waals surface area contributed by atoms with Crippen molar-refractivity contribution in [1.82, 2.24) is 0 Å². The van der Waals surface area contributed by atoms with E-state index in [4.69, 9.17) is 11.6 Å². The molecule has 20 heavy (non-hydrogen) atoms. The van der Waals surface area contributed by atoms with Crippen LogP contribution in [0.4, 0.5) is 5.69 Å². The van der Waals surface area contributed by atoms with Gasteiger partial charge in [0.05, 0.1) is 10.8 Å². The first-order chi connectivity index (χ1) is 9.50. The maximum atomic E-state index is 12.0. The van der Waals surface area contributed by atoms with Crippen LogP contribution in [-0.2, 0) is 10.2 Å². The number of nitrogens with one attached hydrogen (secondary N) is 1. The minimum atomic E-state index is -0.450. The number of fused-ring (bicyclic) bond motifs is 1. The summed E-state index contributed by atoms with van der Waals surface area (Å²) >= 11 is 6.71. The summed E-state index contributed by atoms with van der Waals surface area (Å²) in [4.78, 5) is 12.0. The van der Waals surface area contributed by atoms with Crippen LogP contribution < -0.4 is 5.32 Å². The standard InChI is InChI=1S/C17H22ClNO/c1-17(2)13-10-12(8-9-14(13)19-16(17)20)15(18)11-6-4-3-5-7-11/h8-11,15H,3-7H2,1-2H3,(H,19,20). The van der Waals surface area contributed by atoms with Crippen molar-refractivity contribution < 1.29 is 4.79 Å². The van der Waals surface area contributed by atoms with Gasteiger partial charge >= 0.3 is 0 Å². The monoisotopic (exact) mass is 291 g/mol. The molecule has 1 unspecified atom stereocenters. The van der Waals surface area contributed by atoms with Gasteiger partial charge in [0.15, 0.2) is 0 Å². The molecule has 0 bridgehead atoms. The first-order valence-corrected chi connectivity index (χ1v) is 8.04. The fraction of sp³-hybridized carbons (Fsp3) is 0.588. The zero-order chi connectivity index (χ0) is 14.3. The van der Waals surface area contributed by atoms with Crippen LogP contribution in [0.15, 0.2) is 18.2 Å². The number of anilines is 1. The smallest absolute Gasteiger partial charge is 0.234 e. The van der Waals surface area contributed by atoms with Crippen molar-refractivity contribution in [3.8, 4) is 0 Å². The molecule has 1 atom stereocenters. The molecule has 1 aliphatic carbocycles. The highest BCUT2D eigenvalue weighted by atomic mass is 35.5. The van der Waals surface area contributed by atoms with Crippen LogP contribution in [0, 0.1) is 5.92 Å². The molecule has 1 aromatic rings. The zero-order valence-electron chi connectivity index (χ0n) is 12.2. The van der Waals surface area contributed by atoms with Crippen LogP contribution in [0.3, 0.4) is 0 Å². The number of carbonyl (C=O) groups excluding carboxylic acids is 1. The predicted molar refractivity (Wildman–Crippen MR) is 83.3 cm³/mol. The molecule has 1 aromatic carbocycles. The van der Waals surface area contributed by atoms with E-state index in [0.29, 0.717) is 5.92 Å². The molecule has 1 amide bonds. The third kappa shape index (κ3) is 2.24. The van der Waals surface area contributed by atoms with Gasteiger partial charge in [0.25, 0.3) is 0 Å². The van der Waals surface area contributed by atoms with Crippen molar-refractivity contribution in [2.45, 2.75) is 56.7 Å². The second kappa shape index (κ2) is 5.07. The van der Waals surface area contributed by atoms with Crippen molar-refractivity contribution in [1.29, 1.82) is 0 Å². The number of rotatable bonds is 2. The number of carbonyl (C=O) groups is 1. The second-order valence-corrected chi connectivity index (χ2v) is 7.15. The molecular weight excluding hydrogens is 270 g/mol. The molecule has 0 radical (unpaired) electrons. The Bertz CT molecular complexity index is 532. The minimum absolute atomic E-state index is 0.0760. The molecule has 1 fully saturated rings. The number of hydrogen-bond acceptors (Lipinski definition) is 1. The number of benzene rings is 1. The molecule has 2 nitrogen and oxygen atoms in total. The summed E-state index contributed by atoms with van der Waals surface area (Å²) in [5.74, 6) is 0.657. The van der Waals surface area contributed by atoms with E-state index in [1.807, 2.05) is 19.9 Å². The predicted octanol–water partition coefficient (Wildman–Crippen LogP) is 4.78. The number of amides is 1. The van der Waals surface area contributed by atoms with Crippen LogP contribution >= 0.6 is 11.6 Å². The average molecular weight is 292 g/mol. The summed E-state index contributed by atoms with van der Waals surface area (Å²) in [5.41, 5.74) is 2.74. The Balaban J connectivity index is 1.89. The van der Waals surface area contributed by atoms with Crippen LogP contribution in [0.2, 0.25) is 0 Å². The van der Waals surface area contributed by atoms with Gasteiger partial charge in [-0.05, 0) is 49.8 Å². The Kier molecular flexibility index (Phi) is 3.53. The highest BCUT2D eigenvalue weighted by molar-refractivity contribution is 6.21. The largest absolute Gasteiger partial charge is 0.325 e. The zero-order valence-corrected chi connectivity index (χ0v) is 13.0. The lowest BCUT2D eigenvalue weighted by Gasteiger charge is -2.27. The van der Waals surface area contributed by atoms with Gasteiger partial charge in [0.2, 0.25) is 5.91 Å². The molecule has 3 heteroatoms. The Hall–Kier alpha value is -1.02. The highest BCUT2D eigenvalue weighted by Crippen LogP contribution is 2.43. The van der Waals surface area contributed by atoms with E-state index in [9.17, 15) is 4.79 Å². The van der Waals surface area contributed by atoms with Crippen molar-refractivity contribution in [3.63, 3.8) is 0 Å².